The molecule has 1 fully saturated rings. The van der Waals surface area contributed by atoms with Crippen LogP contribution in [0.15, 0.2) is 42.5 Å². The number of aliphatic hydroxyl groups excluding tert-OH is 1. The van der Waals surface area contributed by atoms with Crippen LogP contribution in [-0.4, -0.2) is 11.2 Å². The van der Waals surface area contributed by atoms with Crippen molar-refractivity contribution in [1.82, 2.24) is 0 Å². The summed E-state index contributed by atoms with van der Waals surface area (Å²) in [7, 11) is 0. The second-order valence-electron chi connectivity index (χ2n) is 6.10. The fourth-order valence-electron chi connectivity index (χ4n) is 3.30. The lowest BCUT2D eigenvalue weighted by atomic mass is 9.95. The molecule has 3 heteroatoms. The number of benzene rings is 2. The predicted octanol–water partition coefficient (Wildman–Crippen LogP) is 3.45. The minimum absolute atomic E-state index is 0. The number of hydrogen-bond acceptors (Lipinski definition) is 2. The molecule has 0 spiro atoms. The Morgan fingerprint density at radius 2 is 1.71 bits per heavy atom. The first-order valence-corrected chi connectivity index (χ1v) is 7.39. The normalized spacial score (nSPS) is 18.4. The van der Waals surface area contributed by atoms with Crippen LogP contribution >= 0.6 is 12.4 Å². The maximum atomic E-state index is 10.2. The number of fused-ring (bicyclic) bond motifs is 3. The van der Waals surface area contributed by atoms with Gasteiger partial charge in [-0.2, -0.15) is 0 Å². The molecule has 0 bridgehead atoms. The van der Waals surface area contributed by atoms with Crippen LogP contribution in [0.1, 0.15) is 35.6 Å². The molecule has 0 radical (unpaired) electrons. The summed E-state index contributed by atoms with van der Waals surface area (Å²) >= 11 is 0. The molecule has 2 aliphatic carbocycles. The quantitative estimate of drug-likeness (QED) is 0.778. The molecule has 4 rings (SSSR count). The van der Waals surface area contributed by atoms with Crippen molar-refractivity contribution in [2.24, 2.45) is 11.7 Å². The van der Waals surface area contributed by atoms with E-state index in [1.165, 1.54) is 22.3 Å². The summed E-state index contributed by atoms with van der Waals surface area (Å²) in [6.07, 6.45) is 2.82. The number of rotatable bonds is 3. The molecule has 2 nitrogen and oxygen atoms in total. The Kier molecular flexibility index (Phi) is 3.78. The van der Waals surface area contributed by atoms with Gasteiger partial charge < -0.3 is 10.8 Å². The van der Waals surface area contributed by atoms with Crippen molar-refractivity contribution in [2.75, 3.05) is 0 Å². The topological polar surface area (TPSA) is 46.2 Å². The van der Waals surface area contributed by atoms with E-state index >= 15 is 0 Å². The maximum Gasteiger partial charge on any atom is 0.0760 e. The van der Waals surface area contributed by atoms with E-state index < -0.39 is 6.10 Å². The van der Waals surface area contributed by atoms with Gasteiger partial charge in [0.2, 0.25) is 0 Å². The fraction of sp³-hybridized carbons (Fsp3) is 0.333. The first-order chi connectivity index (χ1) is 9.74. The maximum absolute atomic E-state index is 10.2. The van der Waals surface area contributed by atoms with Crippen molar-refractivity contribution in [3.8, 4) is 11.1 Å². The molecule has 21 heavy (non-hydrogen) atoms. The van der Waals surface area contributed by atoms with Gasteiger partial charge in [0.25, 0.3) is 0 Å². The van der Waals surface area contributed by atoms with E-state index in [-0.39, 0.29) is 18.4 Å². The Balaban J connectivity index is 0.00000132. The Morgan fingerprint density at radius 3 is 2.48 bits per heavy atom. The SMILES string of the molecule is Cl.N[C@H](c1ccc2c(c1)Cc1ccccc1-2)[C@@H](O)C1CC1. The largest absolute Gasteiger partial charge is 0.391 e. The molecule has 110 valence electrons. The summed E-state index contributed by atoms with van der Waals surface area (Å²) in [5, 5.41) is 10.2. The van der Waals surface area contributed by atoms with E-state index in [9.17, 15) is 5.11 Å². The van der Waals surface area contributed by atoms with E-state index in [1.54, 1.807) is 0 Å². The number of nitrogens with two attached hydrogens (primary N) is 1. The molecule has 0 saturated heterocycles. The molecule has 2 aromatic carbocycles. The number of aliphatic hydroxyl groups is 1. The van der Waals surface area contributed by atoms with Crippen molar-refractivity contribution >= 4 is 12.4 Å². The Labute approximate surface area is 131 Å². The highest BCUT2D eigenvalue weighted by atomic mass is 35.5. The molecule has 3 N–H and O–H groups in total. The lowest BCUT2D eigenvalue weighted by Gasteiger charge is -2.19. The minimum Gasteiger partial charge on any atom is -0.391 e. The summed E-state index contributed by atoms with van der Waals surface area (Å²) in [4.78, 5) is 0. The van der Waals surface area contributed by atoms with Crippen LogP contribution in [0, 0.1) is 5.92 Å². The van der Waals surface area contributed by atoms with E-state index in [2.05, 4.69) is 42.5 Å². The van der Waals surface area contributed by atoms with E-state index in [1.807, 2.05) is 0 Å². The minimum atomic E-state index is -0.392. The van der Waals surface area contributed by atoms with E-state index in [0.29, 0.717) is 5.92 Å². The highest BCUT2D eigenvalue weighted by molar-refractivity contribution is 5.85. The summed E-state index contributed by atoms with van der Waals surface area (Å²) in [5.74, 6) is 0.412. The van der Waals surface area contributed by atoms with Crippen LogP contribution in [0.25, 0.3) is 11.1 Å². The van der Waals surface area contributed by atoms with Crippen LogP contribution in [-0.2, 0) is 6.42 Å². The van der Waals surface area contributed by atoms with Gasteiger partial charge in [0.05, 0.1) is 12.1 Å². The van der Waals surface area contributed by atoms with Crippen molar-refractivity contribution in [1.29, 1.82) is 0 Å². The van der Waals surface area contributed by atoms with Crippen LogP contribution in [0.4, 0.5) is 0 Å². The summed E-state index contributed by atoms with van der Waals surface area (Å²) in [6, 6.07) is 14.7. The highest BCUT2D eigenvalue weighted by Gasteiger charge is 2.34. The second kappa shape index (κ2) is 5.45. The van der Waals surface area contributed by atoms with Gasteiger partial charge in [-0.1, -0.05) is 42.5 Å². The van der Waals surface area contributed by atoms with Crippen molar-refractivity contribution < 1.29 is 5.11 Å². The van der Waals surface area contributed by atoms with Crippen molar-refractivity contribution in [2.45, 2.75) is 31.4 Å². The average molecular weight is 302 g/mol. The molecule has 0 amide bonds. The van der Waals surface area contributed by atoms with Crippen LogP contribution in [0.5, 0.6) is 0 Å². The lowest BCUT2D eigenvalue weighted by Crippen LogP contribution is -2.27. The van der Waals surface area contributed by atoms with E-state index in [0.717, 1.165) is 24.8 Å². The zero-order valence-corrected chi connectivity index (χ0v) is 12.6. The molecule has 2 aromatic rings. The van der Waals surface area contributed by atoms with Gasteiger partial charge in [-0.15, -0.1) is 12.4 Å². The Hall–Kier alpha value is -1.35. The Bertz CT molecular complexity index is 666. The van der Waals surface area contributed by atoms with Gasteiger partial charge in [0, 0.05) is 0 Å². The van der Waals surface area contributed by atoms with Crippen LogP contribution < -0.4 is 5.73 Å². The molecule has 0 aliphatic heterocycles. The molecule has 1 saturated carbocycles. The predicted molar refractivity (Wildman–Crippen MR) is 87.6 cm³/mol. The first kappa shape index (κ1) is 14.6. The summed E-state index contributed by atoms with van der Waals surface area (Å²) in [5.41, 5.74) is 12.7. The monoisotopic (exact) mass is 301 g/mol. The summed E-state index contributed by atoms with van der Waals surface area (Å²) in [6.45, 7) is 0. The molecule has 2 atom stereocenters. The Morgan fingerprint density at radius 1 is 1.00 bits per heavy atom. The molecular weight excluding hydrogens is 282 g/mol. The second-order valence-corrected chi connectivity index (χ2v) is 6.10. The number of halogens is 1. The van der Waals surface area contributed by atoms with E-state index in [4.69, 9.17) is 5.73 Å². The lowest BCUT2D eigenvalue weighted by molar-refractivity contribution is 0.122. The van der Waals surface area contributed by atoms with Gasteiger partial charge in [-0.3, -0.25) is 0 Å². The smallest absolute Gasteiger partial charge is 0.0760 e. The average Bonchev–Trinajstić information content (AvgIpc) is 3.26. The third-order valence-electron chi connectivity index (χ3n) is 4.68. The van der Waals surface area contributed by atoms with Gasteiger partial charge in [-0.25, -0.2) is 0 Å². The zero-order valence-electron chi connectivity index (χ0n) is 11.8. The first-order valence-electron chi connectivity index (χ1n) is 7.39. The zero-order chi connectivity index (χ0) is 13.7. The molecule has 2 aliphatic rings. The van der Waals surface area contributed by atoms with Crippen LogP contribution in [0.3, 0.4) is 0 Å². The molecule has 0 aromatic heterocycles. The van der Waals surface area contributed by atoms with Gasteiger partial charge in [-0.05, 0) is 53.0 Å². The highest BCUT2D eigenvalue weighted by Crippen LogP contribution is 2.40. The molecular formula is C18H20ClNO. The molecule has 0 unspecified atom stereocenters. The van der Waals surface area contributed by atoms with Gasteiger partial charge in [0.15, 0.2) is 0 Å². The number of hydrogen-bond donors (Lipinski definition) is 2. The summed E-state index contributed by atoms with van der Waals surface area (Å²) < 4.78 is 0. The van der Waals surface area contributed by atoms with Gasteiger partial charge >= 0.3 is 0 Å². The van der Waals surface area contributed by atoms with Crippen LogP contribution in [0.2, 0.25) is 0 Å². The third kappa shape index (κ3) is 2.48. The molecule has 0 heterocycles. The third-order valence-corrected chi connectivity index (χ3v) is 4.68. The standard InChI is InChI=1S/C18H19NO.ClH/c19-17(18(20)11-5-6-11)13-7-8-16-14(10-13)9-12-3-1-2-4-15(12)16;/h1-4,7-8,10-11,17-18,20H,5-6,9,19H2;1H/t17-,18+;/m1./s1. The van der Waals surface area contributed by atoms with Crippen molar-refractivity contribution in [3.05, 3.63) is 59.2 Å². The fourth-order valence-corrected chi connectivity index (χ4v) is 3.30. The van der Waals surface area contributed by atoms with Crippen molar-refractivity contribution in [3.63, 3.8) is 0 Å². The van der Waals surface area contributed by atoms with Gasteiger partial charge in [0.1, 0.15) is 0 Å².